The van der Waals surface area contributed by atoms with Crippen LogP contribution in [0.4, 0.5) is 17.6 Å². The van der Waals surface area contributed by atoms with Crippen molar-refractivity contribution in [2.75, 3.05) is 26.2 Å². The van der Waals surface area contributed by atoms with Gasteiger partial charge in [0.15, 0.2) is 5.71 Å². The predicted octanol–water partition coefficient (Wildman–Crippen LogP) is 3.12. The molecule has 2 N–H and O–H groups in total. The van der Waals surface area contributed by atoms with E-state index in [2.05, 4.69) is 38.5 Å². The minimum atomic E-state index is -5.08. The van der Waals surface area contributed by atoms with Crippen molar-refractivity contribution in [2.24, 2.45) is 16.5 Å². The quantitative estimate of drug-likeness (QED) is 0.596. The summed E-state index contributed by atoms with van der Waals surface area (Å²) in [6, 6.07) is 6.47. The summed E-state index contributed by atoms with van der Waals surface area (Å²) in [4.78, 5) is 31.5. The Morgan fingerprint density at radius 1 is 1.19 bits per heavy atom. The van der Waals surface area contributed by atoms with Crippen LogP contribution in [0.15, 0.2) is 29.6 Å². The molecule has 1 aromatic carbocycles. The van der Waals surface area contributed by atoms with Gasteiger partial charge in [-0.15, -0.1) is 0 Å². The fraction of sp³-hybridized carbons (Fsp3) is 0.583. The molecule has 2 saturated heterocycles. The van der Waals surface area contributed by atoms with Crippen LogP contribution in [-0.2, 0) is 21.0 Å². The number of alkyl halides is 4. The number of oxime groups is 1. The van der Waals surface area contributed by atoms with Crippen molar-refractivity contribution in [2.45, 2.75) is 50.7 Å². The average molecular weight is 526 g/mol. The molecule has 0 unspecified atom stereocenters. The second kappa shape index (κ2) is 9.58. The lowest BCUT2D eigenvalue weighted by molar-refractivity contribution is -0.192. The first-order chi connectivity index (χ1) is 17.6. The molecule has 1 spiro atoms. The third-order valence-corrected chi connectivity index (χ3v) is 7.89. The van der Waals surface area contributed by atoms with Gasteiger partial charge in [-0.05, 0) is 55.8 Å². The largest absolute Gasteiger partial charge is 0.490 e. The summed E-state index contributed by atoms with van der Waals surface area (Å²) < 4.78 is 45.0. The highest BCUT2D eigenvalue weighted by Gasteiger charge is 2.57. The van der Waals surface area contributed by atoms with Crippen LogP contribution in [0.1, 0.15) is 31.2 Å². The van der Waals surface area contributed by atoms with Gasteiger partial charge < -0.3 is 14.8 Å². The van der Waals surface area contributed by atoms with Crippen LogP contribution in [0.3, 0.4) is 0 Å². The number of hydrogen-bond donors (Lipinski definition) is 2. The summed E-state index contributed by atoms with van der Waals surface area (Å²) in [6.45, 7) is 3.30. The molecule has 0 bridgehead atoms. The van der Waals surface area contributed by atoms with Crippen molar-refractivity contribution in [1.29, 1.82) is 0 Å². The Morgan fingerprint density at radius 3 is 2.54 bits per heavy atom. The number of carboxylic acid groups (broad SMARTS) is 1. The van der Waals surface area contributed by atoms with Crippen LogP contribution in [0, 0.1) is 11.3 Å². The van der Waals surface area contributed by atoms with Crippen molar-refractivity contribution in [1.82, 2.24) is 20.0 Å². The number of nitrogens with zero attached hydrogens (tertiary/aromatic N) is 4. The van der Waals surface area contributed by atoms with Gasteiger partial charge in [0.2, 0.25) is 0 Å². The number of benzene rings is 1. The van der Waals surface area contributed by atoms with Crippen LogP contribution in [0.25, 0.3) is 10.9 Å². The van der Waals surface area contributed by atoms with Gasteiger partial charge in [-0.2, -0.15) is 18.3 Å². The highest BCUT2D eigenvalue weighted by atomic mass is 19.4. The molecule has 3 fully saturated rings. The zero-order chi connectivity index (χ0) is 26.4. The maximum absolute atomic E-state index is 13.2. The monoisotopic (exact) mass is 525 g/mol. The molecule has 3 aliphatic heterocycles. The molecule has 4 heterocycles. The van der Waals surface area contributed by atoms with Crippen molar-refractivity contribution >= 4 is 28.5 Å². The average Bonchev–Trinajstić information content (AvgIpc) is 3.55. The lowest BCUT2D eigenvalue weighted by atomic mass is 9.68. The number of rotatable bonds is 3. The van der Waals surface area contributed by atoms with Gasteiger partial charge in [-0.25, -0.2) is 9.18 Å². The summed E-state index contributed by atoms with van der Waals surface area (Å²) in [7, 11) is 0. The molecule has 1 aromatic heterocycles. The van der Waals surface area contributed by atoms with Crippen LogP contribution in [0.5, 0.6) is 0 Å². The van der Waals surface area contributed by atoms with Crippen LogP contribution in [0.2, 0.25) is 0 Å². The molecule has 9 nitrogen and oxygen atoms in total. The number of aromatic nitrogens is 2. The number of piperidine rings is 1. The number of carbonyl (C=O) groups excluding carboxylic acids is 1. The Hall–Kier alpha value is -3.22. The molecule has 1 saturated carbocycles. The molecule has 1 aliphatic carbocycles. The van der Waals surface area contributed by atoms with Gasteiger partial charge in [-0.1, -0.05) is 17.3 Å². The van der Waals surface area contributed by atoms with Crippen molar-refractivity contribution in [3.63, 3.8) is 0 Å². The fourth-order valence-corrected chi connectivity index (χ4v) is 5.89. The number of likely N-dealkylation sites (tertiary alicyclic amines) is 2. The third kappa shape index (κ3) is 5.00. The van der Waals surface area contributed by atoms with E-state index in [4.69, 9.17) is 14.7 Å². The first kappa shape index (κ1) is 25.4. The van der Waals surface area contributed by atoms with Gasteiger partial charge in [0.05, 0.1) is 30.7 Å². The predicted molar refractivity (Wildman–Crippen MR) is 123 cm³/mol. The Bertz CT molecular complexity index is 1200. The molecule has 6 rings (SSSR count). The Kier molecular flexibility index (Phi) is 6.59. The smallest absolute Gasteiger partial charge is 0.475 e. The fourth-order valence-electron chi connectivity index (χ4n) is 5.89. The topological polar surface area (TPSA) is 111 Å². The molecular formula is C24H27F4N5O4. The van der Waals surface area contributed by atoms with Crippen LogP contribution in [-0.4, -0.2) is 87.3 Å². The van der Waals surface area contributed by atoms with Gasteiger partial charge in [0.25, 0.3) is 5.91 Å². The first-order valence-corrected chi connectivity index (χ1v) is 12.2. The van der Waals surface area contributed by atoms with Crippen molar-refractivity contribution < 1.29 is 37.1 Å². The molecule has 0 radical (unpaired) electrons. The van der Waals surface area contributed by atoms with E-state index < -0.39 is 18.3 Å². The molecule has 2 aromatic rings. The zero-order valence-corrected chi connectivity index (χ0v) is 19.9. The molecule has 1 amide bonds. The zero-order valence-electron chi connectivity index (χ0n) is 19.9. The lowest BCUT2D eigenvalue weighted by Gasteiger charge is -2.43. The number of carbonyl (C=O) groups is 2. The summed E-state index contributed by atoms with van der Waals surface area (Å²) in [6.07, 6.45) is -0.00101. The number of aromatic amines is 1. The number of halogens is 4. The Balaban J connectivity index is 0.000000355. The summed E-state index contributed by atoms with van der Waals surface area (Å²) >= 11 is 0. The SMILES string of the molecule is O=C(C1=NO[C@H]2CCC3(CCN(Cc4ccc5cn[nH]c5c4)CC3)[C@@H]12)N1CC(F)C1.O=C(O)C(F)(F)F. The molecular weight excluding hydrogens is 498 g/mol. The highest BCUT2D eigenvalue weighted by Crippen LogP contribution is 2.54. The second-order valence-corrected chi connectivity index (χ2v) is 10.2. The minimum Gasteiger partial charge on any atom is -0.475 e. The van der Waals surface area contributed by atoms with E-state index in [1.54, 1.807) is 4.90 Å². The van der Waals surface area contributed by atoms with Crippen LogP contribution >= 0.6 is 0 Å². The van der Waals surface area contributed by atoms with Gasteiger partial charge in [0, 0.05) is 11.9 Å². The lowest BCUT2D eigenvalue weighted by Crippen LogP contribution is -2.56. The number of H-pyrrole nitrogens is 1. The summed E-state index contributed by atoms with van der Waals surface area (Å²) in [5.74, 6) is -2.81. The third-order valence-electron chi connectivity index (χ3n) is 7.89. The highest BCUT2D eigenvalue weighted by molar-refractivity contribution is 6.40. The molecule has 37 heavy (non-hydrogen) atoms. The number of nitrogens with one attached hydrogen (secondary N) is 1. The van der Waals surface area contributed by atoms with Crippen molar-refractivity contribution in [3.8, 4) is 0 Å². The van der Waals surface area contributed by atoms with E-state index in [-0.39, 0.29) is 36.4 Å². The number of fused-ring (bicyclic) bond motifs is 3. The van der Waals surface area contributed by atoms with E-state index in [1.165, 1.54) is 5.56 Å². The first-order valence-electron chi connectivity index (χ1n) is 12.2. The summed E-state index contributed by atoms with van der Waals surface area (Å²) in [5, 5.41) is 19.6. The maximum Gasteiger partial charge on any atom is 0.490 e. The number of amides is 1. The Morgan fingerprint density at radius 2 is 1.89 bits per heavy atom. The van der Waals surface area contributed by atoms with Gasteiger partial charge in [0.1, 0.15) is 12.3 Å². The van der Waals surface area contributed by atoms with E-state index in [9.17, 15) is 22.4 Å². The van der Waals surface area contributed by atoms with Crippen LogP contribution < -0.4 is 0 Å². The minimum absolute atomic E-state index is 0.0146. The molecule has 2 atom stereocenters. The second-order valence-electron chi connectivity index (χ2n) is 10.2. The van der Waals surface area contributed by atoms with E-state index in [0.717, 1.165) is 56.2 Å². The Labute approximate surface area is 209 Å². The normalized spacial score (nSPS) is 25.2. The van der Waals surface area contributed by atoms with Gasteiger partial charge in [-0.3, -0.25) is 14.8 Å². The van der Waals surface area contributed by atoms with Gasteiger partial charge >= 0.3 is 12.1 Å². The molecule has 200 valence electrons. The van der Waals surface area contributed by atoms with Crippen molar-refractivity contribution in [3.05, 3.63) is 30.0 Å². The van der Waals surface area contributed by atoms with E-state index in [1.807, 2.05) is 6.20 Å². The summed E-state index contributed by atoms with van der Waals surface area (Å²) in [5.41, 5.74) is 2.98. The van der Waals surface area contributed by atoms with E-state index in [0.29, 0.717) is 5.71 Å². The van der Waals surface area contributed by atoms with E-state index >= 15 is 0 Å². The number of carboxylic acids is 1. The molecule has 13 heteroatoms. The maximum atomic E-state index is 13.2. The molecule has 4 aliphatic rings. The standard InChI is InChI=1S/C22H26FN5O2.C2HF3O2/c23-16-12-28(13-16)21(29)20-19-18(30-26-20)3-4-22(19)5-7-27(8-6-22)11-14-1-2-15-10-24-25-17(15)9-14;3-2(4,5)1(6)7/h1-2,9-10,16,18-19H,3-8,11-13H2,(H,24,25);(H,6,7)/t18-,19+;/m0./s1. The number of aliphatic carboxylic acids is 1. The number of hydrogen-bond acceptors (Lipinski definition) is 6.